The van der Waals surface area contributed by atoms with Gasteiger partial charge in [-0.2, -0.15) is 0 Å². The SMILES string of the molecule is COC(=O)Cn1c(C(C)C)c[nH]c1=S. The first-order chi connectivity index (χ1) is 6.56. The maximum absolute atomic E-state index is 11.1. The fourth-order valence-electron chi connectivity index (χ4n) is 1.24. The summed E-state index contributed by atoms with van der Waals surface area (Å²) in [6.45, 7) is 4.27. The number of imidazole rings is 1. The summed E-state index contributed by atoms with van der Waals surface area (Å²) in [4.78, 5) is 14.0. The van der Waals surface area contributed by atoms with Gasteiger partial charge in [0, 0.05) is 11.9 Å². The maximum Gasteiger partial charge on any atom is 0.325 e. The summed E-state index contributed by atoms with van der Waals surface area (Å²) in [6, 6.07) is 0. The van der Waals surface area contributed by atoms with Crippen molar-refractivity contribution < 1.29 is 9.53 Å². The molecule has 0 radical (unpaired) electrons. The molecule has 0 spiro atoms. The number of rotatable bonds is 3. The predicted molar refractivity (Wildman–Crippen MR) is 55.7 cm³/mol. The second kappa shape index (κ2) is 4.41. The van der Waals surface area contributed by atoms with E-state index in [2.05, 4.69) is 9.72 Å². The first-order valence-corrected chi connectivity index (χ1v) is 4.82. The van der Waals surface area contributed by atoms with Crippen LogP contribution >= 0.6 is 12.2 Å². The lowest BCUT2D eigenvalue weighted by molar-refractivity contribution is -0.141. The van der Waals surface area contributed by atoms with Crippen molar-refractivity contribution in [3.63, 3.8) is 0 Å². The van der Waals surface area contributed by atoms with Crippen molar-refractivity contribution in [2.75, 3.05) is 7.11 Å². The summed E-state index contributed by atoms with van der Waals surface area (Å²) in [5.74, 6) is 0.0372. The molecule has 0 atom stereocenters. The number of aromatic nitrogens is 2. The molecule has 0 bridgehead atoms. The molecule has 1 heterocycles. The lowest BCUT2D eigenvalue weighted by Gasteiger charge is -2.09. The van der Waals surface area contributed by atoms with Gasteiger partial charge in [-0.25, -0.2) is 0 Å². The first-order valence-electron chi connectivity index (χ1n) is 4.41. The van der Waals surface area contributed by atoms with E-state index >= 15 is 0 Å². The van der Waals surface area contributed by atoms with Crippen LogP contribution in [0.3, 0.4) is 0 Å². The molecule has 0 saturated heterocycles. The number of H-pyrrole nitrogens is 1. The summed E-state index contributed by atoms with van der Waals surface area (Å²) >= 11 is 5.06. The van der Waals surface area contributed by atoms with Gasteiger partial charge in [0.15, 0.2) is 4.77 Å². The van der Waals surface area contributed by atoms with Gasteiger partial charge < -0.3 is 14.3 Å². The zero-order chi connectivity index (χ0) is 10.7. The Labute approximate surface area is 87.9 Å². The molecule has 14 heavy (non-hydrogen) atoms. The molecule has 1 rings (SSSR count). The van der Waals surface area contributed by atoms with E-state index in [9.17, 15) is 4.79 Å². The van der Waals surface area contributed by atoms with E-state index in [0.717, 1.165) is 5.69 Å². The molecule has 78 valence electrons. The summed E-state index contributed by atoms with van der Waals surface area (Å²) in [5.41, 5.74) is 1.01. The summed E-state index contributed by atoms with van der Waals surface area (Å²) in [7, 11) is 1.37. The Morgan fingerprint density at radius 2 is 2.36 bits per heavy atom. The van der Waals surface area contributed by atoms with Gasteiger partial charge in [0.1, 0.15) is 6.54 Å². The Morgan fingerprint density at radius 3 is 2.86 bits per heavy atom. The van der Waals surface area contributed by atoms with Crippen LogP contribution in [-0.4, -0.2) is 22.6 Å². The number of methoxy groups -OCH3 is 1. The highest BCUT2D eigenvalue weighted by Gasteiger charge is 2.11. The second-order valence-corrected chi connectivity index (χ2v) is 3.72. The van der Waals surface area contributed by atoms with Gasteiger partial charge in [0.2, 0.25) is 0 Å². The third-order valence-electron chi connectivity index (χ3n) is 2.01. The van der Waals surface area contributed by atoms with E-state index in [-0.39, 0.29) is 12.5 Å². The van der Waals surface area contributed by atoms with Crippen molar-refractivity contribution in [1.29, 1.82) is 0 Å². The Kier molecular flexibility index (Phi) is 3.46. The molecular weight excluding hydrogens is 200 g/mol. The number of carbonyl (C=O) groups excluding carboxylic acids is 1. The van der Waals surface area contributed by atoms with Crippen LogP contribution in [0.15, 0.2) is 6.20 Å². The molecule has 4 nitrogen and oxygen atoms in total. The van der Waals surface area contributed by atoms with Crippen molar-refractivity contribution in [2.24, 2.45) is 0 Å². The molecule has 0 aliphatic heterocycles. The van der Waals surface area contributed by atoms with Crippen LogP contribution in [0.2, 0.25) is 0 Å². The fourth-order valence-corrected chi connectivity index (χ4v) is 1.47. The van der Waals surface area contributed by atoms with Crippen LogP contribution < -0.4 is 0 Å². The Hall–Kier alpha value is -1.10. The van der Waals surface area contributed by atoms with Gasteiger partial charge in [-0.05, 0) is 18.1 Å². The van der Waals surface area contributed by atoms with Crippen LogP contribution in [0.4, 0.5) is 0 Å². The largest absolute Gasteiger partial charge is 0.468 e. The summed E-state index contributed by atoms with van der Waals surface area (Å²) in [5, 5.41) is 0. The molecule has 1 N–H and O–H groups in total. The molecule has 1 aromatic heterocycles. The van der Waals surface area contributed by atoms with Crippen molar-refractivity contribution in [3.8, 4) is 0 Å². The lowest BCUT2D eigenvalue weighted by atomic mass is 10.1. The number of aromatic amines is 1. The van der Waals surface area contributed by atoms with Gasteiger partial charge in [-0.15, -0.1) is 0 Å². The lowest BCUT2D eigenvalue weighted by Crippen LogP contribution is -2.14. The number of nitrogens with zero attached hydrogens (tertiary/aromatic N) is 1. The van der Waals surface area contributed by atoms with Crippen LogP contribution in [0.25, 0.3) is 0 Å². The molecular formula is C9H14N2O2S. The van der Waals surface area contributed by atoms with E-state index in [0.29, 0.717) is 10.7 Å². The van der Waals surface area contributed by atoms with Gasteiger partial charge in [-0.1, -0.05) is 13.8 Å². The monoisotopic (exact) mass is 214 g/mol. The minimum Gasteiger partial charge on any atom is -0.468 e. The second-order valence-electron chi connectivity index (χ2n) is 3.34. The molecule has 0 aromatic carbocycles. The highest BCUT2D eigenvalue weighted by molar-refractivity contribution is 7.71. The fraction of sp³-hybridized carbons (Fsp3) is 0.556. The zero-order valence-electron chi connectivity index (χ0n) is 8.53. The van der Waals surface area contributed by atoms with Crippen molar-refractivity contribution in [3.05, 3.63) is 16.7 Å². The first kappa shape index (κ1) is 11.0. The number of hydrogen-bond donors (Lipinski definition) is 1. The van der Waals surface area contributed by atoms with E-state index < -0.39 is 0 Å². The van der Waals surface area contributed by atoms with Crippen LogP contribution in [-0.2, 0) is 16.1 Å². The Morgan fingerprint density at radius 1 is 1.71 bits per heavy atom. The Balaban J connectivity index is 3.00. The molecule has 0 fully saturated rings. The molecule has 0 aliphatic rings. The molecule has 0 aliphatic carbocycles. The molecule has 0 amide bonds. The average Bonchev–Trinajstić information content (AvgIpc) is 2.48. The van der Waals surface area contributed by atoms with Crippen molar-refractivity contribution in [1.82, 2.24) is 9.55 Å². The number of hydrogen-bond acceptors (Lipinski definition) is 3. The van der Waals surface area contributed by atoms with E-state index in [1.807, 2.05) is 20.0 Å². The quantitative estimate of drug-likeness (QED) is 0.617. The topological polar surface area (TPSA) is 47.0 Å². The third kappa shape index (κ3) is 2.23. The van der Waals surface area contributed by atoms with Crippen LogP contribution in [0.5, 0.6) is 0 Å². The predicted octanol–water partition coefficient (Wildman–Crippen LogP) is 1.84. The molecule has 0 unspecified atom stereocenters. The van der Waals surface area contributed by atoms with E-state index in [1.165, 1.54) is 7.11 Å². The van der Waals surface area contributed by atoms with Crippen molar-refractivity contribution >= 4 is 18.2 Å². The van der Waals surface area contributed by atoms with Gasteiger partial charge >= 0.3 is 5.97 Å². The Bertz CT molecular complexity index is 378. The number of ether oxygens (including phenoxy) is 1. The zero-order valence-corrected chi connectivity index (χ0v) is 9.35. The molecule has 0 saturated carbocycles. The minimum absolute atomic E-state index is 0.173. The molecule has 5 heteroatoms. The number of carbonyl (C=O) groups is 1. The number of nitrogens with one attached hydrogen (secondary N) is 1. The van der Waals surface area contributed by atoms with Crippen LogP contribution in [0, 0.1) is 4.77 Å². The maximum atomic E-state index is 11.1. The van der Waals surface area contributed by atoms with E-state index in [1.54, 1.807) is 4.57 Å². The van der Waals surface area contributed by atoms with Crippen LogP contribution in [0.1, 0.15) is 25.5 Å². The highest BCUT2D eigenvalue weighted by atomic mass is 32.1. The summed E-state index contributed by atoms with van der Waals surface area (Å²) < 4.78 is 6.90. The smallest absolute Gasteiger partial charge is 0.325 e. The van der Waals surface area contributed by atoms with Crippen molar-refractivity contribution in [2.45, 2.75) is 26.3 Å². The summed E-state index contributed by atoms with van der Waals surface area (Å²) in [6.07, 6.45) is 1.83. The number of esters is 1. The average molecular weight is 214 g/mol. The molecule has 1 aromatic rings. The third-order valence-corrected chi connectivity index (χ3v) is 2.35. The normalized spacial score (nSPS) is 10.6. The van der Waals surface area contributed by atoms with Gasteiger partial charge in [0.25, 0.3) is 0 Å². The highest BCUT2D eigenvalue weighted by Crippen LogP contribution is 2.14. The van der Waals surface area contributed by atoms with Gasteiger partial charge in [-0.3, -0.25) is 4.79 Å². The van der Waals surface area contributed by atoms with Gasteiger partial charge in [0.05, 0.1) is 7.11 Å². The van der Waals surface area contributed by atoms with E-state index in [4.69, 9.17) is 12.2 Å². The minimum atomic E-state index is -0.289. The standard InChI is InChI=1S/C9H14N2O2S/c1-6(2)7-4-10-9(14)11(7)5-8(12)13-3/h4,6H,5H2,1-3H3,(H,10,14).